The summed E-state index contributed by atoms with van der Waals surface area (Å²) in [5.74, 6) is 0.977. The van der Waals surface area contributed by atoms with Crippen molar-refractivity contribution in [3.63, 3.8) is 0 Å². The number of aromatic nitrogens is 4. The van der Waals surface area contributed by atoms with Gasteiger partial charge in [-0.05, 0) is 47.5 Å². The number of nitrogens with two attached hydrogens (primary N) is 1. The van der Waals surface area contributed by atoms with Gasteiger partial charge in [0.05, 0.1) is 5.52 Å². The third kappa shape index (κ3) is 5.79. The van der Waals surface area contributed by atoms with Gasteiger partial charge in [0.15, 0.2) is 5.82 Å². The smallest absolute Gasteiger partial charge is 0.404 e. The summed E-state index contributed by atoms with van der Waals surface area (Å²) < 4.78 is 24.2. The summed E-state index contributed by atoms with van der Waals surface area (Å²) in [6, 6.07) is 11.4. The number of H-pyrrole nitrogens is 1. The number of hydrogen-bond donors (Lipinski definition) is 3. The SMILES string of the molecule is NC(=O)OCCOc1ccc(F)cc1Cc1ccc2[nH]nc(Nc3cc(Cl)nc(Cl)n3)c2c1. The number of carbonyl (C=O) groups is 1. The Morgan fingerprint density at radius 1 is 1.12 bits per heavy atom. The highest BCUT2D eigenvalue weighted by Crippen LogP contribution is 2.28. The number of aromatic amines is 1. The molecule has 2 aromatic heterocycles. The first kappa shape index (κ1) is 22.6. The highest BCUT2D eigenvalue weighted by atomic mass is 35.5. The molecular weight excluding hydrogens is 474 g/mol. The first-order chi connectivity index (χ1) is 15.9. The molecule has 2 heterocycles. The predicted octanol–water partition coefficient (Wildman–Crippen LogP) is 4.61. The topological polar surface area (TPSA) is 128 Å². The van der Waals surface area contributed by atoms with Crippen LogP contribution in [0.4, 0.5) is 20.8 Å². The van der Waals surface area contributed by atoms with E-state index in [-0.39, 0.29) is 23.7 Å². The molecule has 0 saturated carbocycles. The number of nitrogens with zero attached hydrogens (tertiary/aromatic N) is 3. The molecule has 1 amide bonds. The molecular formula is C21H17Cl2FN6O3. The van der Waals surface area contributed by atoms with Crippen LogP contribution in [0.5, 0.6) is 5.75 Å². The van der Waals surface area contributed by atoms with Crippen LogP contribution in [-0.4, -0.2) is 39.5 Å². The summed E-state index contributed by atoms with van der Waals surface area (Å²) in [5.41, 5.74) is 7.23. The Morgan fingerprint density at radius 3 is 2.76 bits per heavy atom. The van der Waals surface area contributed by atoms with Gasteiger partial charge in [-0.15, -0.1) is 0 Å². The normalized spacial score (nSPS) is 10.9. The van der Waals surface area contributed by atoms with Crippen LogP contribution < -0.4 is 15.8 Å². The molecule has 4 rings (SSSR count). The van der Waals surface area contributed by atoms with Crippen molar-refractivity contribution < 1.29 is 18.7 Å². The van der Waals surface area contributed by atoms with E-state index in [9.17, 15) is 9.18 Å². The molecule has 9 nitrogen and oxygen atoms in total. The van der Waals surface area contributed by atoms with Crippen LogP contribution in [0.15, 0.2) is 42.5 Å². The molecule has 0 atom stereocenters. The van der Waals surface area contributed by atoms with Gasteiger partial charge in [-0.2, -0.15) is 5.10 Å². The number of hydrogen-bond acceptors (Lipinski definition) is 7. The van der Waals surface area contributed by atoms with Crippen molar-refractivity contribution in [1.82, 2.24) is 20.2 Å². The lowest BCUT2D eigenvalue weighted by molar-refractivity contribution is 0.133. The Balaban J connectivity index is 1.56. The molecule has 0 unspecified atom stereocenters. The fraction of sp³-hybridized carbons (Fsp3) is 0.143. The fourth-order valence-electron chi connectivity index (χ4n) is 3.18. The van der Waals surface area contributed by atoms with E-state index in [1.807, 2.05) is 18.2 Å². The van der Waals surface area contributed by atoms with Crippen LogP contribution in [0.2, 0.25) is 10.4 Å². The van der Waals surface area contributed by atoms with E-state index in [0.717, 1.165) is 16.5 Å². The monoisotopic (exact) mass is 490 g/mol. The molecule has 0 aliphatic heterocycles. The summed E-state index contributed by atoms with van der Waals surface area (Å²) in [7, 11) is 0. The van der Waals surface area contributed by atoms with Crippen LogP contribution >= 0.6 is 23.2 Å². The summed E-state index contributed by atoms with van der Waals surface area (Å²) in [6.07, 6.45) is -0.502. The lowest BCUT2D eigenvalue weighted by Crippen LogP contribution is -2.17. The van der Waals surface area contributed by atoms with E-state index in [1.54, 1.807) is 0 Å². The summed E-state index contributed by atoms with van der Waals surface area (Å²) >= 11 is 11.8. The maximum absolute atomic E-state index is 13.9. The average Bonchev–Trinajstić information content (AvgIpc) is 3.13. The van der Waals surface area contributed by atoms with E-state index in [2.05, 4.69) is 30.2 Å². The second kappa shape index (κ2) is 9.88. The molecule has 0 fully saturated rings. The molecule has 2 aromatic carbocycles. The summed E-state index contributed by atoms with van der Waals surface area (Å²) in [4.78, 5) is 18.6. The molecule has 0 aliphatic carbocycles. The van der Waals surface area contributed by atoms with Gasteiger partial charge in [-0.1, -0.05) is 17.7 Å². The van der Waals surface area contributed by atoms with Crippen LogP contribution in [-0.2, 0) is 11.2 Å². The third-order valence-electron chi connectivity index (χ3n) is 4.54. The predicted molar refractivity (Wildman–Crippen MR) is 122 cm³/mol. The van der Waals surface area contributed by atoms with Gasteiger partial charge in [-0.25, -0.2) is 19.2 Å². The Kier molecular flexibility index (Phi) is 6.76. The van der Waals surface area contributed by atoms with Gasteiger partial charge in [0.1, 0.15) is 35.8 Å². The summed E-state index contributed by atoms with van der Waals surface area (Å²) in [5, 5.41) is 11.3. The van der Waals surface area contributed by atoms with Crippen molar-refractivity contribution in [3.05, 3.63) is 69.8 Å². The van der Waals surface area contributed by atoms with E-state index >= 15 is 0 Å². The van der Waals surface area contributed by atoms with Gasteiger partial charge >= 0.3 is 6.09 Å². The van der Waals surface area contributed by atoms with Gasteiger partial charge < -0.3 is 20.5 Å². The third-order valence-corrected chi connectivity index (χ3v) is 4.91. The van der Waals surface area contributed by atoms with Crippen LogP contribution in [0.25, 0.3) is 10.9 Å². The van der Waals surface area contributed by atoms with Gasteiger partial charge in [0.25, 0.3) is 0 Å². The Hall–Kier alpha value is -3.63. The largest absolute Gasteiger partial charge is 0.490 e. The molecule has 0 spiro atoms. The van der Waals surface area contributed by atoms with Crippen LogP contribution in [0, 0.1) is 5.82 Å². The number of halogens is 3. The van der Waals surface area contributed by atoms with Crippen molar-refractivity contribution >= 4 is 51.8 Å². The molecule has 4 aromatic rings. The van der Waals surface area contributed by atoms with Crippen LogP contribution in [0.1, 0.15) is 11.1 Å². The number of rotatable bonds is 8. The van der Waals surface area contributed by atoms with E-state index < -0.39 is 11.9 Å². The van der Waals surface area contributed by atoms with Gasteiger partial charge in [0, 0.05) is 23.4 Å². The zero-order valence-electron chi connectivity index (χ0n) is 16.9. The molecule has 0 radical (unpaired) electrons. The minimum Gasteiger partial charge on any atom is -0.490 e. The Morgan fingerprint density at radius 2 is 1.97 bits per heavy atom. The maximum atomic E-state index is 13.9. The lowest BCUT2D eigenvalue weighted by atomic mass is 10.0. The zero-order valence-corrected chi connectivity index (χ0v) is 18.5. The Bertz CT molecular complexity index is 1300. The number of anilines is 2. The van der Waals surface area contributed by atoms with E-state index in [1.165, 1.54) is 24.3 Å². The molecule has 4 N–H and O–H groups in total. The minimum absolute atomic E-state index is 0.00499. The number of fused-ring (bicyclic) bond motifs is 1. The lowest BCUT2D eigenvalue weighted by Gasteiger charge is -2.12. The Labute approximate surface area is 197 Å². The van der Waals surface area contributed by atoms with Gasteiger partial charge in [0.2, 0.25) is 5.28 Å². The van der Waals surface area contributed by atoms with E-state index in [4.69, 9.17) is 33.7 Å². The number of carbonyl (C=O) groups excluding carboxylic acids is 1. The number of primary amides is 1. The molecule has 33 heavy (non-hydrogen) atoms. The van der Waals surface area contributed by atoms with Crippen molar-refractivity contribution in [2.24, 2.45) is 5.73 Å². The number of amides is 1. The first-order valence-corrected chi connectivity index (χ1v) is 10.4. The highest BCUT2D eigenvalue weighted by molar-refractivity contribution is 6.32. The second-order valence-corrected chi connectivity index (χ2v) is 7.59. The van der Waals surface area contributed by atoms with Crippen molar-refractivity contribution in [1.29, 1.82) is 0 Å². The van der Waals surface area contributed by atoms with Crippen LogP contribution in [0.3, 0.4) is 0 Å². The van der Waals surface area contributed by atoms with E-state index in [0.29, 0.717) is 29.4 Å². The molecule has 0 saturated heterocycles. The average molecular weight is 491 g/mol. The van der Waals surface area contributed by atoms with Gasteiger partial charge in [-0.3, -0.25) is 5.10 Å². The minimum atomic E-state index is -0.887. The number of ether oxygens (including phenoxy) is 2. The van der Waals surface area contributed by atoms with Crippen molar-refractivity contribution in [3.8, 4) is 5.75 Å². The first-order valence-electron chi connectivity index (χ1n) is 9.65. The van der Waals surface area contributed by atoms with Crippen molar-refractivity contribution in [2.45, 2.75) is 6.42 Å². The maximum Gasteiger partial charge on any atom is 0.404 e. The molecule has 12 heteroatoms. The second-order valence-electron chi connectivity index (χ2n) is 6.87. The quantitative estimate of drug-likeness (QED) is 0.187. The van der Waals surface area contributed by atoms with Crippen molar-refractivity contribution in [2.75, 3.05) is 18.5 Å². The molecule has 0 bridgehead atoms. The standard InChI is InChI=1S/C21H17Cl2FN6O3/c22-17-10-18(28-20(23)26-17)27-19-14-8-11(1-3-15(14)29-30-19)7-12-9-13(24)2-4-16(12)32-5-6-33-21(25)31/h1-4,8-10H,5-7H2,(H2,25,31)(H2,26,27,28,29,30). The summed E-state index contributed by atoms with van der Waals surface area (Å²) in [6.45, 7) is 0.0691. The fourth-order valence-corrected chi connectivity index (χ4v) is 3.59. The zero-order chi connectivity index (χ0) is 23.4. The molecule has 170 valence electrons. The number of benzene rings is 2. The highest BCUT2D eigenvalue weighted by Gasteiger charge is 2.12. The number of nitrogens with one attached hydrogen (secondary N) is 2. The molecule has 0 aliphatic rings.